The fraction of sp³-hybridized carbons (Fsp3) is 0.667. The molecule has 0 fully saturated rings. The average molecular weight is 438 g/mol. The number of anilines is 1. The first-order valence-electron chi connectivity index (χ1n) is 10.5. The number of nitrogens with two attached hydrogens (primary N) is 1. The van der Waals surface area contributed by atoms with Gasteiger partial charge in [0.2, 0.25) is 6.23 Å². The van der Waals surface area contributed by atoms with Crippen molar-refractivity contribution in [2.45, 2.75) is 83.8 Å². The van der Waals surface area contributed by atoms with E-state index in [4.69, 9.17) is 19.6 Å². The number of hydrogen-bond acceptors (Lipinski definition) is 7. The van der Waals surface area contributed by atoms with Crippen LogP contribution in [0.1, 0.15) is 59.6 Å². The van der Waals surface area contributed by atoms with Gasteiger partial charge in [-0.25, -0.2) is 4.79 Å². The monoisotopic (exact) mass is 437 g/mol. The van der Waals surface area contributed by atoms with E-state index in [9.17, 15) is 9.59 Å². The van der Waals surface area contributed by atoms with Gasteiger partial charge in [0.05, 0.1) is 0 Å². The van der Waals surface area contributed by atoms with Gasteiger partial charge in [-0.1, -0.05) is 40.5 Å². The number of unbranched alkanes of at least 4 members (excludes halogenated alkanes) is 2. The Labute approximate surface area is 179 Å². The maximum Gasteiger partial charge on any atom is 0.352 e. The summed E-state index contributed by atoms with van der Waals surface area (Å²) in [6.45, 7) is 12.8. The highest BCUT2D eigenvalue weighted by Crippen LogP contribution is 2.40. The van der Waals surface area contributed by atoms with Crippen LogP contribution in [-0.2, 0) is 18.7 Å². The highest BCUT2D eigenvalue weighted by molar-refractivity contribution is 6.74. The zero-order valence-corrected chi connectivity index (χ0v) is 19.9. The normalized spacial score (nSPS) is 19.3. The largest absolute Gasteiger partial charge is 0.468 e. The minimum atomic E-state index is -2.16. The van der Waals surface area contributed by atoms with Gasteiger partial charge < -0.3 is 19.6 Å². The first kappa shape index (κ1) is 24.1. The highest BCUT2D eigenvalue weighted by Gasteiger charge is 2.43. The molecule has 2 N–H and O–H groups in total. The van der Waals surface area contributed by atoms with Gasteiger partial charge in [-0.3, -0.25) is 9.36 Å². The quantitative estimate of drug-likeness (QED) is 0.356. The van der Waals surface area contributed by atoms with Crippen LogP contribution in [0.5, 0.6) is 0 Å². The number of carbonyl (C=O) groups excluding carboxylic acids is 1. The second kappa shape index (κ2) is 9.78. The third-order valence-electron chi connectivity index (χ3n) is 5.63. The number of ether oxygens (including phenoxy) is 2. The Bertz CT molecular complexity index is 829. The molecule has 1 aromatic rings. The third kappa shape index (κ3) is 6.18. The first-order chi connectivity index (χ1) is 13.9. The van der Waals surface area contributed by atoms with Crippen LogP contribution in [0.4, 0.5) is 5.82 Å². The lowest BCUT2D eigenvalue weighted by atomic mass is 10.2. The number of esters is 1. The second-order valence-electron chi connectivity index (χ2n) is 9.14. The lowest BCUT2D eigenvalue weighted by Crippen LogP contribution is -2.46. The summed E-state index contributed by atoms with van der Waals surface area (Å²) in [5.74, 6) is 0.353. The molecular formula is C21H35N3O5Si. The van der Waals surface area contributed by atoms with E-state index in [-0.39, 0.29) is 23.4 Å². The van der Waals surface area contributed by atoms with E-state index in [2.05, 4.69) is 45.8 Å². The Morgan fingerprint density at radius 3 is 2.63 bits per heavy atom. The van der Waals surface area contributed by atoms with Crippen LogP contribution in [0.2, 0.25) is 18.1 Å². The summed E-state index contributed by atoms with van der Waals surface area (Å²) < 4.78 is 19.2. The summed E-state index contributed by atoms with van der Waals surface area (Å²) >= 11 is 0. The maximum absolute atomic E-state index is 12.4. The zero-order valence-electron chi connectivity index (χ0n) is 18.9. The summed E-state index contributed by atoms with van der Waals surface area (Å²) in [6.07, 6.45) is 5.35. The van der Waals surface area contributed by atoms with Gasteiger partial charge in [0.25, 0.3) is 0 Å². The molecule has 0 spiro atoms. The Balaban J connectivity index is 2.18. The smallest absolute Gasteiger partial charge is 0.352 e. The molecule has 0 aromatic carbocycles. The predicted octanol–water partition coefficient (Wildman–Crippen LogP) is 3.75. The molecule has 1 aromatic heterocycles. The van der Waals surface area contributed by atoms with Gasteiger partial charge in [0.1, 0.15) is 24.3 Å². The van der Waals surface area contributed by atoms with E-state index in [1.54, 1.807) is 18.3 Å². The van der Waals surface area contributed by atoms with Crippen molar-refractivity contribution in [3.63, 3.8) is 0 Å². The molecule has 2 unspecified atom stereocenters. The molecular weight excluding hydrogens is 402 g/mol. The van der Waals surface area contributed by atoms with Gasteiger partial charge >= 0.3 is 11.7 Å². The average Bonchev–Trinajstić information content (AvgIpc) is 3.01. The molecule has 0 bridgehead atoms. The van der Waals surface area contributed by atoms with E-state index in [1.807, 2.05) is 0 Å². The lowest BCUT2D eigenvalue weighted by Gasteiger charge is -2.39. The number of nitrogen functional groups attached to an aromatic ring is 1. The molecule has 0 aliphatic carbocycles. The Hall–Kier alpha value is -2.13. The molecule has 1 aliphatic rings. The topological polar surface area (TPSA) is 106 Å². The van der Waals surface area contributed by atoms with Crippen molar-refractivity contribution in [2.75, 3.05) is 12.3 Å². The summed E-state index contributed by atoms with van der Waals surface area (Å²) in [4.78, 5) is 28.1. The van der Waals surface area contributed by atoms with E-state index in [1.165, 1.54) is 4.57 Å². The molecule has 9 heteroatoms. The fourth-order valence-electron chi connectivity index (χ4n) is 2.80. The number of nitrogens with zero attached hydrogens (tertiary/aromatic N) is 2. The summed E-state index contributed by atoms with van der Waals surface area (Å²) in [7, 11) is -2.16. The molecule has 2 heterocycles. The highest BCUT2D eigenvalue weighted by atomic mass is 28.4. The van der Waals surface area contributed by atoms with Crippen LogP contribution in [-0.4, -0.2) is 36.5 Å². The summed E-state index contributed by atoms with van der Waals surface area (Å²) in [5.41, 5.74) is 5.10. The Morgan fingerprint density at radius 2 is 2.03 bits per heavy atom. The van der Waals surface area contributed by atoms with Crippen molar-refractivity contribution in [3.05, 3.63) is 34.6 Å². The maximum atomic E-state index is 12.4. The summed E-state index contributed by atoms with van der Waals surface area (Å²) in [6, 6.07) is 1.54. The first-order valence-corrected chi connectivity index (χ1v) is 13.4. The van der Waals surface area contributed by atoms with Crippen molar-refractivity contribution in [3.8, 4) is 0 Å². The molecule has 0 saturated heterocycles. The lowest BCUT2D eigenvalue weighted by molar-refractivity contribution is -0.144. The van der Waals surface area contributed by atoms with Crippen LogP contribution in [0, 0.1) is 0 Å². The number of aromatic nitrogens is 2. The molecule has 0 radical (unpaired) electrons. The van der Waals surface area contributed by atoms with Crippen molar-refractivity contribution >= 4 is 20.1 Å². The van der Waals surface area contributed by atoms with Crippen molar-refractivity contribution in [1.82, 2.24) is 9.55 Å². The van der Waals surface area contributed by atoms with E-state index in [0.29, 0.717) is 12.2 Å². The molecule has 168 valence electrons. The minimum Gasteiger partial charge on any atom is -0.468 e. The number of rotatable bonds is 9. The summed E-state index contributed by atoms with van der Waals surface area (Å²) in [5, 5.41) is -0.0236. The van der Waals surface area contributed by atoms with Gasteiger partial charge in [-0.05, 0) is 36.7 Å². The SMILES string of the molecule is CCCCCC(=O)OCC1=CC(O[Si](C)(C)C(C)(C)C)C(n2ccc(N)nc2=O)O1. The molecule has 2 rings (SSSR count). The van der Waals surface area contributed by atoms with Gasteiger partial charge in [0, 0.05) is 12.6 Å². The van der Waals surface area contributed by atoms with Gasteiger partial charge in [0.15, 0.2) is 8.32 Å². The van der Waals surface area contributed by atoms with Crippen molar-refractivity contribution < 1.29 is 18.7 Å². The molecule has 0 amide bonds. The molecule has 1 aliphatic heterocycles. The zero-order chi connectivity index (χ0) is 22.5. The van der Waals surface area contributed by atoms with Crippen LogP contribution < -0.4 is 11.4 Å². The van der Waals surface area contributed by atoms with E-state index < -0.39 is 26.3 Å². The molecule has 0 saturated carbocycles. The third-order valence-corrected chi connectivity index (χ3v) is 10.1. The van der Waals surface area contributed by atoms with Crippen LogP contribution in [0.3, 0.4) is 0 Å². The number of carbonyl (C=O) groups is 1. The van der Waals surface area contributed by atoms with Gasteiger partial charge in [-0.15, -0.1) is 0 Å². The van der Waals surface area contributed by atoms with Crippen molar-refractivity contribution in [1.29, 1.82) is 0 Å². The van der Waals surface area contributed by atoms with Crippen molar-refractivity contribution in [2.24, 2.45) is 0 Å². The minimum absolute atomic E-state index is 0.00989. The Morgan fingerprint density at radius 1 is 1.33 bits per heavy atom. The standard InChI is InChI=1S/C21H35N3O5Si/c1-7-8-9-10-18(25)27-14-15-13-16(29-30(5,6)21(2,3)4)19(28-15)24-12-11-17(22)23-20(24)26/h11-13,16,19H,7-10,14H2,1-6H3,(H2,22,23,26). The Kier molecular flexibility index (Phi) is 7.87. The van der Waals surface area contributed by atoms with Gasteiger partial charge in [-0.2, -0.15) is 4.98 Å². The van der Waals surface area contributed by atoms with Crippen LogP contribution in [0.25, 0.3) is 0 Å². The molecule has 30 heavy (non-hydrogen) atoms. The number of hydrogen-bond donors (Lipinski definition) is 1. The molecule has 2 atom stereocenters. The van der Waals surface area contributed by atoms with E-state index in [0.717, 1.165) is 19.3 Å². The van der Waals surface area contributed by atoms with Crippen LogP contribution >= 0.6 is 0 Å². The second-order valence-corrected chi connectivity index (χ2v) is 13.9. The van der Waals surface area contributed by atoms with E-state index >= 15 is 0 Å². The predicted molar refractivity (Wildman–Crippen MR) is 118 cm³/mol. The molecule has 8 nitrogen and oxygen atoms in total. The van der Waals surface area contributed by atoms with Crippen LogP contribution in [0.15, 0.2) is 28.9 Å². The fourth-order valence-corrected chi connectivity index (χ4v) is 4.01.